The van der Waals surface area contributed by atoms with Crippen LogP contribution in [0, 0.1) is 6.92 Å². The van der Waals surface area contributed by atoms with Gasteiger partial charge in [0, 0.05) is 12.2 Å². The number of hydrogen-bond donors (Lipinski definition) is 2. The molecule has 1 atom stereocenters. The van der Waals surface area contributed by atoms with Crippen molar-refractivity contribution < 1.29 is 14.3 Å². The summed E-state index contributed by atoms with van der Waals surface area (Å²) in [7, 11) is 1.61. The largest absolute Gasteiger partial charge is 0.497 e. The molecule has 9 heteroatoms. The van der Waals surface area contributed by atoms with E-state index in [1.54, 1.807) is 7.11 Å². The smallest absolute Gasteiger partial charge is 0.234 e. The zero-order valence-corrected chi connectivity index (χ0v) is 20.1. The van der Waals surface area contributed by atoms with Crippen LogP contribution >= 0.6 is 11.8 Å². The number of hydrogen-bond acceptors (Lipinski definition) is 6. The van der Waals surface area contributed by atoms with Crippen molar-refractivity contribution in [3.63, 3.8) is 0 Å². The molecule has 0 aliphatic heterocycles. The van der Waals surface area contributed by atoms with Gasteiger partial charge in [0.15, 0.2) is 11.0 Å². The lowest BCUT2D eigenvalue weighted by Gasteiger charge is -2.15. The van der Waals surface area contributed by atoms with E-state index in [1.165, 1.54) is 11.8 Å². The predicted octanol–water partition coefficient (Wildman–Crippen LogP) is 3.77. The fourth-order valence-corrected chi connectivity index (χ4v) is 4.08. The number of nitrogens with one attached hydrogen (secondary N) is 2. The molecular weight excluding hydrogens is 438 g/mol. The van der Waals surface area contributed by atoms with Crippen LogP contribution in [-0.2, 0) is 22.6 Å². The molecule has 0 aliphatic carbocycles. The predicted molar refractivity (Wildman–Crippen MR) is 129 cm³/mol. The summed E-state index contributed by atoms with van der Waals surface area (Å²) in [5, 5.41) is 15.0. The van der Waals surface area contributed by atoms with Crippen molar-refractivity contribution in [2.24, 2.45) is 0 Å². The molecule has 0 spiro atoms. The number of anilines is 1. The molecule has 0 bridgehead atoms. The Kier molecular flexibility index (Phi) is 8.48. The summed E-state index contributed by atoms with van der Waals surface area (Å²) in [6.07, 6.45) is 0.259. The maximum absolute atomic E-state index is 12.5. The number of rotatable bonds is 10. The second-order valence-electron chi connectivity index (χ2n) is 7.60. The third-order valence-corrected chi connectivity index (χ3v) is 5.98. The molecule has 2 N–H and O–H groups in total. The van der Waals surface area contributed by atoms with E-state index in [0.29, 0.717) is 17.5 Å². The highest BCUT2D eigenvalue weighted by molar-refractivity contribution is 7.99. The topological polar surface area (TPSA) is 98.1 Å². The molecule has 174 valence electrons. The molecule has 8 nitrogen and oxygen atoms in total. The molecule has 1 heterocycles. The Bertz CT molecular complexity index is 1080. The molecule has 0 unspecified atom stereocenters. The highest BCUT2D eigenvalue weighted by Gasteiger charge is 2.20. The van der Waals surface area contributed by atoms with Crippen LogP contribution in [-0.4, -0.2) is 39.4 Å². The number of carbonyl (C=O) groups excluding carboxylic acids is 2. The zero-order chi connectivity index (χ0) is 23.8. The molecule has 3 rings (SSSR count). The SMILES string of the molecule is CCn1c(SCC(=O)Nc2ccc(C)cc2)nnc1[C@@H](C)NC(=O)Cc1ccc(OC)cc1. The Labute approximate surface area is 198 Å². The summed E-state index contributed by atoms with van der Waals surface area (Å²) < 4.78 is 7.07. The second kappa shape index (κ2) is 11.5. The van der Waals surface area contributed by atoms with Gasteiger partial charge in [-0.15, -0.1) is 10.2 Å². The second-order valence-corrected chi connectivity index (χ2v) is 8.54. The van der Waals surface area contributed by atoms with Gasteiger partial charge in [0.2, 0.25) is 11.8 Å². The average molecular weight is 468 g/mol. The summed E-state index contributed by atoms with van der Waals surface area (Å²) in [6.45, 7) is 6.48. The Balaban J connectivity index is 1.56. The van der Waals surface area contributed by atoms with Gasteiger partial charge in [-0.25, -0.2) is 0 Å². The van der Waals surface area contributed by atoms with E-state index >= 15 is 0 Å². The molecule has 2 amide bonds. The highest BCUT2D eigenvalue weighted by atomic mass is 32.2. The van der Waals surface area contributed by atoms with Gasteiger partial charge in [-0.1, -0.05) is 41.6 Å². The summed E-state index contributed by atoms with van der Waals surface area (Å²) in [5.41, 5.74) is 2.79. The van der Waals surface area contributed by atoms with Gasteiger partial charge in [-0.05, 0) is 50.6 Å². The first-order valence-electron chi connectivity index (χ1n) is 10.7. The minimum absolute atomic E-state index is 0.106. The Hall–Kier alpha value is -3.33. The summed E-state index contributed by atoms with van der Waals surface area (Å²) in [4.78, 5) is 24.8. The number of benzene rings is 2. The van der Waals surface area contributed by atoms with E-state index in [2.05, 4.69) is 20.8 Å². The Morgan fingerprint density at radius 2 is 1.76 bits per heavy atom. The van der Waals surface area contributed by atoms with E-state index in [9.17, 15) is 9.59 Å². The Morgan fingerprint density at radius 3 is 2.39 bits per heavy atom. The van der Waals surface area contributed by atoms with Gasteiger partial charge in [-0.3, -0.25) is 9.59 Å². The average Bonchev–Trinajstić information content (AvgIpc) is 3.23. The number of carbonyl (C=O) groups is 2. The van der Waals surface area contributed by atoms with Crippen LogP contribution in [0.2, 0.25) is 0 Å². The van der Waals surface area contributed by atoms with Gasteiger partial charge in [-0.2, -0.15) is 0 Å². The van der Waals surface area contributed by atoms with Crippen molar-refractivity contribution in [2.75, 3.05) is 18.2 Å². The fourth-order valence-electron chi connectivity index (χ4n) is 3.27. The molecule has 0 fully saturated rings. The molecule has 3 aromatic rings. The fraction of sp³-hybridized carbons (Fsp3) is 0.333. The molecule has 0 saturated heterocycles. The van der Waals surface area contributed by atoms with Gasteiger partial charge in [0.05, 0.1) is 25.3 Å². The van der Waals surface area contributed by atoms with Crippen molar-refractivity contribution in [1.82, 2.24) is 20.1 Å². The van der Waals surface area contributed by atoms with Crippen molar-refractivity contribution in [3.8, 4) is 5.75 Å². The summed E-state index contributed by atoms with van der Waals surface area (Å²) in [6, 6.07) is 14.7. The van der Waals surface area contributed by atoms with E-state index in [-0.39, 0.29) is 30.0 Å². The quantitative estimate of drug-likeness (QED) is 0.441. The third kappa shape index (κ3) is 6.82. The molecule has 0 radical (unpaired) electrons. The summed E-state index contributed by atoms with van der Waals surface area (Å²) >= 11 is 1.32. The molecule has 1 aromatic heterocycles. The molecule has 0 aliphatic rings. The minimum Gasteiger partial charge on any atom is -0.497 e. The number of amides is 2. The molecule has 0 saturated carbocycles. The van der Waals surface area contributed by atoms with Crippen LogP contribution in [0.5, 0.6) is 5.75 Å². The lowest BCUT2D eigenvalue weighted by atomic mass is 10.1. The number of ether oxygens (including phenoxy) is 1. The number of aryl methyl sites for hydroxylation is 1. The highest BCUT2D eigenvalue weighted by Crippen LogP contribution is 2.21. The maximum atomic E-state index is 12.5. The maximum Gasteiger partial charge on any atom is 0.234 e. The van der Waals surface area contributed by atoms with Crippen molar-refractivity contribution in [1.29, 1.82) is 0 Å². The summed E-state index contributed by atoms with van der Waals surface area (Å²) in [5.74, 6) is 1.40. The van der Waals surface area contributed by atoms with Gasteiger partial charge in [0.25, 0.3) is 0 Å². The van der Waals surface area contributed by atoms with Gasteiger partial charge in [0.1, 0.15) is 5.75 Å². The van der Waals surface area contributed by atoms with Gasteiger partial charge < -0.3 is 19.9 Å². The van der Waals surface area contributed by atoms with Crippen LogP contribution < -0.4 is 15.4 Å². The number of methoxy groups -OCH3 is 1. The van der Waals surface area contributed by atoms with Crippen molar-refractivity contribution in [3.05, 3.63) is 65.5 Å². The monoisotopic (exact) mass is 467 g/mol. The number of thioether (sulfide) groups is 1. The van der Waals surface area contributed by atoms with E-state index in [1.807, 2.05) is 73.9 Å². The first-order valence-corrected chi connectivity index (χ1v) is 11.7. The minimum atomic E-state index is -0.320. The third-order valence-electron chi connectivity index (χ3n) is 5.02. The molecule has 2 aromatic carbocycles. The zero-order valence-electron chi connectivity index (χ0n) is 19.3. The van der Waals surface area contributed by atoms with Crippen LogP contribution in [0.3, 0.4) is 0 Å². The lowest BCUT2D eigenvalue weighted by molar-refractivity contribution is -0.121. The van der Waals surface area contributed by atoms with E-state index < -0.39 is 0 Å². The van der Waals surface area contributed by atoms with Crippen molar-refractivity contribution in [2.45, 2.75) is 44.9 Å². The molecule has 33 heavy (non-hydrogen) atoms. The molecular formula is C24H29N5O3S. The first kappa shape index (κ1) is 24.3. The van der Waals surface area contributed by atoms with Crippen LogP contribution in [0.1, 0.15) is 36.8 Å². The van der Waals surface area contributed by atoms with Gasteiger partial charge >= 0.3 is 0 Å². The normalized spacial score (nSPS) is 11.6. The number of nitrogens with zero attached hydrogens (tertiary/aromatic N) is 3. The Morgan fingerprint density at radius 1 is 1.06 bits per heavy atom. The van der Waals surface area contributed by atoms with Crippen LogP contribution in [0.15, 0.2) is 53.7 Å². The first-order chi connectivity index (χ1) is 15.9. The van der Waals surface area contributed by atoms with Crippen LogP contribution in [0.25, 0.3) is 0 Å². The standard InChI is InChI=1S/C24H29N5O3S/c1-5-29-23(17(3)25-21(30)14-18-8-12-20(32-4)13-9-18)27-28-24(29)33-15-22(31)26-19-10-6-16(2)7-11-19/h6-13,17H,5,14-15H2,1-4H3,(H,25,30)(H,26,31)/t17-/m1/s1. The lowest BCUT2D eigenvalue weighted by Crippen LogP contribution is -2.30. The van der Waals surface area contributed by atoms with Crippen molar-refractivity contribution >= 4 is 29.3 Å². The van der Waals surface area contributed by atoms with Crippen LogP contribution in [0.4, 0.5) is 5.69 Å². The van der Waals surface area contributed by atoms with E-state index in [0.717, 1.165) is 22.6 Å². The van der Waals surface area contributed by atoms with E-state index in [4.69, 9.17) is 4.74 Å². The number of aromatic nitrogens is 3.